The molecular weight excluding hydrogens is 374 g/mol. The zero-order chi connectivity index (χ0) is 17.4. The summed E-state index contributed by atoms with van der Waals surface area (Å²) < 4.78 is 10.0. The van der Waals surface area contributed by atoms with Crippen molar-refractivity contribution in [2.45, 2.75) is 11.7 Å². The molecule has 1 aromatic carbocycles. The molecule has 0 N–H and O–H groups in total. The van der Waals surface area contributed by atoms with Crippen LogP contribution in [0.1, 0.15) is 5.76 Å². The summed E-state index contributed by atoms with van der Waals surface area (Å²) in [5.41, 5.74) is 1.41. The molecule has 0 bridgehead atoms. The second-order valence-corrected chi connectivity index (χ2v) is 7.68. The van der Waals surface area contributed by atoms with Crippen molar-refractivity contribution in [3.05, 3.63) is 68.8 Å². The summed E-state index contributed by atoms with van der Waals surface area (Å²) in [5.74, 6) is 0.713. The second-order valence-electron chi connectivity index (χ2n) is 5.26. The fraction of sp³-hybridized carbons (Fsp3) is 0.118. The Bertz CT molecular complexity index is 1140. The van der Waals surface area contributed by atoms with Crippen LogP contribution < -0.4 is 5.56 Å². The van der Waals surface area contributed by atoms with Crippen LogP contribution in [-0.4, -0.2) is 20.4 Å². The molecule has 25 heavy (non-hydrogen) atoms. The van der Waals surface area contributed by atoms with Gasteiger partial charge in [-0.2, -0.15) is 0 Å². The van der Waals surface area contributed by atoms with Crippen LogP contribution in [0.25, 0.3) is 16.0 Å². The van der Waals surface area contributed by atoms with Gasteiger partial charge in [-0.3, -0.25) is 13.9 Å². The standard InChI is InChI=1S/C17H13N3O2S3/c1-24-16-18-14-13(15(21)19(16)10-12-8-5-9-22-12)25-17(23)20(14)11-6-3-2-4-7-11/h2-9H,10H2,1H3. The number of benzene rings is 1. The maximum absolute atomic E-state index is 13.1. The number of nitrogens with zero attached hydrogens (tertiary/aromatic N) is 3. The Hall–Kier alpha value is -2.16. The molecule has 4 aromatic rings. The Balaban J connectivity index is 1.98. The molecule has 0 aliphatic heterocycles. The Morgan fingerprint density at radius 2 is 2.04 bits per heavy atom. The van der Waals surface area contributed by atoms with Crippen LogP contribution in [-0.2, 0) is 6.54 Å². The number of para-hydroxylation sites is 1. The third-order valence-corrected chi connectivity index (χ3v) is 5.78. The van der Waals surface area contributed by atoms with Gasteiger partial charge >= 0.3 is 0 Å². The molecule has 126 valence electrons. The maximum atomic E-state index is 13.1. The van der Waals surface area contributed by atoms with Crippen LogP contribution in [0.5, 0.6) is 0 Å². The number of thiazole rings is 1. The minimum Gasteiger partial charge on any atom is -0.467 e. The van der Waals surface area contributed by atoms with E-state index in [1.807, 2.05) is 47.2 Å². The van der Waals surface area contributed by atoms with Gasteiger partial charge in [0.1, 0.15) is 10.5 Å². The van der Waals surface area contributed by atoms with Crippen molar-refractivity contribution in [2.24, 2.45) is 0 Å². The molecule has 0 aliphatic carbocycles. The van der Waals surface area contributed by atoms with Gasteiger partial charge in [0.05, 0.1) is 12.8 Å². The van der Waals surface area contributed by atoms with E-state index in [0.29, 0.717) is 31.8 Å². The molecule has 5 nitrogen and oxygen atoms in total. The highest BCUT2D eigenvalue weighted by Crippen LogP contribution is 2.25. The van der Waals surface area contributed by atoms with Gasteiger partial charge in [0.2, 0.25) is 0 Å². The minimum absolute atomic E-state index is 0.100. The van der Waals surface area contributed by atoms with E-state index in [-0.39, 0.29) is 5.56 Å². The van der Waals surface area contributed by atoms with Crippen molar-refractivity contribution < 1.29 is 4.42 Å². The molecule has 0 saturated carbocycles. The topological polar surface area (TPSA) is 53.0 Å². The predicted octanol–water partition coefficient (Wildman–Crippen LogP) is 4.34. The first-order valence-corrected chi connectivity index (χ1v) is 9.92. The normalized spacial score (nSPS) is 11.2. The number of aromatic nitrogens is 3. The first-order chi connectivity index (χ1) is 12.2. The van der Waals surface area contributed by atoms with Crippen LogP contribution in [0.15, 0.2) is 63.1 Å². The van der Waals surface area contributed by atoms with Crippen molar-refractivity contribution in [3.8, 4) is 5.69 Å². The lowest BCUT2D eigenvalue weighted by molar-refractivity contribution is 0.476. The van der Waals surface area contributed by atoms with Gasteiger partial charge in [-0.15, -0.1) is 0 Å². The average molecular weight is 388 g/mol. The van der Waals surface area contributed by atoms with Crippen LogP contribution in [0, 0.1) is 3.95 Å². The van der Waals surface area contributed by atoms with Gasteiger partial charge in [-0.25, -0.2) is 4.98 Å². The van der Waals surface area contributed by atoms with Gasteiger partial charge in [0.25, 0.3) is 5.56 Å². The number of rotatable bonds is 4. The molecule has 0 radical (unpaired) electrons. The summed E-state index contributed by atoms with van der Waals surface area (Å²) in [4.78, 5) is 17.8. The van der Waals surface area contributed by atoms with Gasteiger partial charge < -0.3 is 4.42 Å². The Kier molecular flexibility index (Phi) is 4.32. The van der Waals surface area contributed by atoms with E-state index in [4.69, 9.17) is 21.6 Å². The summed E-state index contributed by atoms with van der Waals surface area (Å²) in [6.45, 7) is 0.348. The Morgan fingerprint density at radius 3 is 2.72 bits per heavy atom. The molecular formula is C17H13N3O2S3. The molecule has 0 unspecified atom stereocenters. The minimum atomic E-state index is -0.100. The number of hydrogen-bond donors (Lipinski definition) is 0. The third kappa shape index (κ3) is 2.86. The molecule has 0 spiro atoms. The Morgan fingerprint density at radius 1 is 1.24 bits per heavy atom. The first-order valence-electron chi connectivity index (χ1n) is 7.47. The lowest BCUT2D eigenvalue weighted by Gasteiger charge is -2.10. The van der Waals surface area contributed by atoms with E-state index in [1.165, 1.54) is 23.1 Å². The van der Waals surface area contributed by atoms with Gasteiger partial charge in [-0.1, -0.05) is 41.3 Å². The number of thioether (sulfide) groups is 1. The van der Waals surface area contributed by atoms with E-state index in [1.54, 1.807) is 16.9 Å². The van der Waals surface area contributed by atoms with E-state index < -0.39 is 0 Å². The first kappa shape index (κ1) is 16.3. The van der Waals surface area contributed by atoms with Crippen molar-refractivity contribution in [2.75, 3.05) is 6.26 Å². The van der Waals surface area contributed by atoms with Crippen LogP contribution in [0.4, 0.5) is 0 Å². The van der Waals surface area contributed by atoms with Gasteiger partial charge in [0.15, 0.2) is 14.8 Å². The number of hydrogen-bond acceptors (Lipinski definition) is 6. The summed E-state index contributed by atoms with van der Waals surface area (Å²) in [6.07, 6.45) is 3.50. The summed E-state index contributed by atoms with van der Waals surface area (Å²) >= 11 is 8.22. The lowest BCUT2D eigenvalue weighted by atomic mass is 10.3. The molecule has 4 rings (SSSR count). The summed E-state index contributed by atoms with van der Waals surface area (Å²) in [6, 6.07) is 13.4. The van der Waals surface area contributed by atoms with Crippen molar-refractivity contribution in [1.29, 1.82) is 0 Å². The van der Waals surface area contributed by atoms with Crippen LogP contribution in [0.2, 0.25) is 0 Å². The van der Waals surface area contributed by atoms with E-state index >= 15 is 0 Å². The molecule has 8 heteroatoms. The monoisotopic (exact) mass is 387 g/mol. The zero-order valence-electron chi connectivity index (χ0n) is 13.2. The maximum Gasteiger partial charge on any atom is 0.274 e. The molecule has 0 saturated heterocycles. The average Bonchev–Trinajstić information content (AvgIpc) is 3.25. The van der Waals surface area contributed by atoms with Crippen molar-refractivity contribution in [1.82, 2.24) is 14.1 Å². The van der Waals surface area contributed by atoms with Gasteiger partial charge in [-0.05, 0) is 42.7 Å². The summed E-state index contributed by atoms with van der Waals surface area (Å²) in [7, 11) is 0. The highest BCUT2D eigenvalue weighted by Gasteiger charge is 2.17. The molecule has 0 amide bonds. The van der Waals surface area contributed by atoms with Gasteiger partial charge in [0, 0.05) is 5.69 Å². The molecule has 0 aliphatic rings. The number of furan rings is 1. The second kappa shape index (κ2) is 6.62. The molecule has 3 aromatic heterocycles. The number of fused-ring (bicyclic) bond motifs is 1. The van der Waals surface area contributed by atoms with E-state index in [2.05, 4.69) is 0 Å². The van der Waals surface area contributed by atoms with E-state index in [9.17, 15) is 4.79 Å². The van der Waals surface area contributed by atoms with Crippen molar-refractivity contribution in [3.63, 3.8) is 0 Å². The third-order valence-electron chi connectivity index (χ3n) is 3.75. The fourth-order valence-electron chi connectivity index (χ4n) is 2.63. The lowest BCUT2D eigenvalue weighted by Crippen LogP contribution is -2.23. The van der Waals surface area contributed by atoms with Crippen LogP contribution >= 0.6 is 35.3 Å². The SMILES string of the molecule is CSc1nc2c(sc(=S)n2-c2ccccc2)c(=O)n1Cc1ccco1. The molecule has 0 fully saturated rings. The summed E-state index contributed by atoms with van der Waals surface area (Å²) in [5, 5.41) is 0.631. The molecule has 0 atom stereocenters. The predicted molar refractivity (Wildman–Crippen MR) is 104 cm³/mol. The quantitative estimate of drug-likeness (QED) is 0.296. The largest absolute Gasteiger partial charge is 0.467 e. The van der Waals surface area contributed by atoms with Crippen molar-refractivity contribution >= 4 is 45.7 Å². The highest BCUT2D eigenvalue weighted by atomic mass is 32.2. The zero-order valence-corrected chi connectivity index (χ0v) is 15.7. The van der Waals surface area contributed by atoms with Crippen LogP contribution in [0.3, 0.4) is 0 Å². The fourth-order valence-corrected chi connectivity index (χ4v) is 4.50. The molecule has 3 heterocycles. The Labute approximate surface area is 156 Å². The smallest absolute Gasteiger partial charge is 0.274 e. The highest BCUT2D eigenvalue weighted by molar-refractivity contribution is 7.98. The van der Waals surface area contributed by atoms with E-state index in [0.717, 1.165) is 5.69 Å².